The van der Waals surface area contributed by atoms with Crippen molar-refractivity contribution in [2.24, 2.45) is 5.73 Å². The van der Waals surface area contributed by atoms with Crippen molar-refractivity contribution in [2.75, 3.05) is 5.32 Å². The molecule has 4 heteroatoms. The summed E-state index contributed by atoms with van der Waals surface area (Å²) in [6, 6.07) is 5.86. The van der Waals surface area contributed by atoms with Crippen LogP contribution in [0.2, 0.25) is 0 Å². The smallest absolute Gasteiger partial charge is 0.316 e. The quantitative estimate of drug-likeness (QED) is 0.617. The van der Waals surface area contributed by atoms with Crippen LogP contribution in [0.15, 0.2) is 24.3 Å². The highest BCUT2D eigenvalue weighted by atomic mass is 16.2. The fraction of sp³-hybridized carbons (Fsp3) is 0. The number of nitrogens with one attached hydrogen (secondary N) is 2. The molecule has 0 aromatic heterocycles. The molecule has 0 saturated carbocycles. The van der Waals surface area contributed by atoms with Crippen LogP contribution in [0.3, 0.4) is 0 Å². The van der Waals surface area contributed by atoms with Crippen LogP contribution in [-0.4, -0.2) is 6.03 Å². The molecule has 1 rings (SSSR count). The zero-order chi connectivity index (χ0) is 8.27. The van der Waals surface area contributed by atoms with Gasteiger partial charge in [0.2, 0.25) is 0 Å². The normalized spacial score (nSPS) is 9.09. The van der Waals surface area contributed by atoms with Crippen LogP contribution in [0.4, 0.5) is 16.2 Å². The molecule has 2 amide bonds. The lowest BCUT2D eigenvalue weighted by molar-refractivity contribution is 0.259. The molecule has 0 aliphatic carbocycles. The van der Waals surface area contributed by atoms with E-state index >= 15 is 0 Å². The van der Waals surface area contributed by atoms with Crippen molar-refractivity contribution in [2.45, 2.75) is 0 Å². The molecule has 4 nitrogen and oxygen atoms in total. The van der Waals surface area contributed by atoms with Gasteiger partial charge in [-0.3, -0.25) is 0 Å². The van der Waals surface area contributed by atoms with E-state index in [0.717, 1.165) is 0 Å². The SMILES string of the molecule is [NH]c1cccc(NC(N)=O)c1. The van der Waals surface area contributed by atoms with Crippen LogP contribution in [0.1, 0.15) is 0 Å². The number of amides is 2. The molecule has 0 atom stereocenters. The lowest BCUT2D eigenvalue weighted by Crippen LogP contribution is -2.19. The van der Waals surface area contributed by atoms with Gasteiger partial charge in [-0.25, -0.2) is 4.79 Å². The van der Waals surface area contributed by atoms with E-state index in [1.54, 1.807) is 18.2 Å². The summed E-state index contributed by atoms with van der Waals surface area (Å²) >= 11 is 0. The zero-order valence-electron chi connectivity index (χ0n) is 5.79. The average Bonchev–Trinajstić information content (AvgIpc) is 1.85. The monoisotopic (exact) mass is 150 g/mol. The summed E-state index contributed by atoms with van der Waals surface area (Å²) in [6.45, 7) is 0. The van der Waals surface area contributed by atoms with E-state index < -0.39 is 6.03 Å². The largest absolute Gasteiger partial charge is 0.351 e. The predicted molar refractivity (Wildman–Crippen MR) is 42.4 cm³/mol. The van der Waals surface area contributed by atoms with Gasteiger partial charge in [0.15, 0.2) is 0 Å². The number of rotatable bonds is 1. The summed E-state index contributed by atoms with van der Waals surface area (Å²) in [4.78, 5) is 10.3. The Labute approximate surface area is 64.2 Å². The first-order valence-corrected chi connectivity index (χ1v) is 3.06. The van der Waals surface area contributed by atoms with Gasteiger partial charge < -0.3 is 16.8 Å². The number of nitrogens with two attached hydrogens (primary N) is 1. The second kappa shape index (κ2) is 2.92. The van der Waals surface area contributed by atoms with Crippen molar-refractivity contribution in [3.8, 4) is 0 Å². The standard InChI is InChI=1S/C7H8N3O/c8-5-2-1-3-6(4-5)10-7(9)11/h1-4,8H,(H3,9,10,11). The second-order valence-electron chi connectivity index (χ2n) is 2.07. The summed E-state index contributed by atoms with van der Waals surface area (Å²) in [5, 5.41) is 2.36. The molecule has 0 aliphatic rings. The van der Waals surface area contributed by atoms with Crippen molar-refractivity contribution in [1.82, 2.24) is 5.73 Å². The maximum absolute atomic E-state index is 10.3. The third kappa shape index (κ3) is 2.17. The van der Waals surface area contributed by atoms with Crippen molar-refractivity contribution < 1.29 is 4.79 Å². The molecule has 57 valence electrons. The molecule has 1 radical (unpaired) electrons. The van der Waals surface area contributed by atoms with Crippen LogP contribution in [0.5, 0.6) is 0 Å². The van der Waals surface area contributed by atoms with Gasteiger partial charge in [0.05, 0.1) is 5.69 Å². The second-order valence-corrected chi connectivity index (χ2v) is 2.07. The molecule has 0 aliphatic heterocycles. The van der Waals surface area contributed by atoms with Crippen molar-refractivity contribution in [3.63, 3.8) is 0 Å². The Morgan fingerprint density at radius 3 is 2.82 bits per heavy atom. The lowest BCUT2D eigenvalue weighted by atomic mass is 10.3. The first-order chi connectivity index (χ1) is 5.18. The molecular weight excluding hydrogens is 142 g/mol. The minimum Gasteiger partial charge on any atom is -0.351 e. The molecule has 1 aromatic carbocycles. The zero-order valence-corrected chi connectivity index (χ0v) is 5.79. The number of benzene rings is 1. The Kier molecular flexibility index (Phi) is 1.96. The van der Waals surface area contributed by atoms with Crippen LogP contribution in [-0.2, 0) is 0 Å². The molecule has 4 N–H and O–H groups in total. The van der Waals surface area contributed by atoms with Gasteiger partial charge in [0.25, 0.3) is 0 Å². The number of carbonyl (C=O) groups is 1. The van der Waals surface area contributed by atoms with E-state index in [9.17, 15) is 4.79 Å². The third-order valence-electron chi connectivity index (χ3n) is 1.13. The molecule has 1 aromatic rings. The fourth-order valence-electron chi connectivity index (χ4n) is 0.739. The summed E-state index contributed by atoms with van der Waals surface area (Å²) in [6.07, 6.45) is 0. The van der Waals surface area contributed by atoms with E-state index in [1.165, 1.54) is 6.07 Å². The maximum Gasteiger partial charge on any atom is 0.316 e. The highest BCUT2D eigenvalue weighted by molar-refractivity contribution is 5.88. The topological polar surface area (TPSA) is 78.9 Å². The van der Waals surface area contributed by atoms with Gasteiger partial charge >= 0.3 is 6.03 Å². The summed E-state index contributed by atoms with van der Waals surface area (Å²) in [7, 11) is 0. The van der Waals surface area contributed by atoms with Gasteiger partial charge in [-0.2, -0.15) is 0 Å². The maximum atomic E-state index is 10.3. The minimum absolute atomic E-state index is 0.344. The number of carbonyl (C=O) groups excluding carboxylic acids is 1. The van der Waals surface area contributed by atoms with Crippen LogP contribution in [0.25, 0.3) is 0 Å². The van der Waals surface area contributed by atoms with E-state index in [0.29, 0.717) is 11.4 Å². The summed E-state index contributed by atoms with van der Waals surface area (Å²) in [5.41, 5.74) is 12.9. The molecule has 11 heavy (non-hydrogen) atoms. The summed E-state index contributed by atoms with van der Waals surface area (Å²) < 4.78 is 0. The highest BCUT2D eigenvalue weighted by Crippen LogP contribution is 2.11. The van der Waals surface area contributed by atoms with Gasteiger partial charge in [-0.1, -0.05) is 6.07 Å². The van der Waals surface area contributed by atoms with Crippen LogP contribution >= 0.6 is 0 Å². The Morgan fingerprint density at radius 2 is 2.27 bits per heavy atom. The number of urea groups is 1. The van der Waals surface area contributed by atoms with E-state index in [2.05, 4.69) is 5.32 Å². The molecule has 0 spiro atoms. The minimum atomic E-state index is -0.615. The Morgan fingerprint density at radius 1 is 1.55 bits per heavy atom. The fourth-order valence-corrected chi connectivity index (χ4v) is 0.739. The average molecular weight is 150 g/mol. The van der Waals surface area contributed by atoms with Gasteiger partial charge in [0.1, 0.15) is 0 Å². The molecular formula is C7H8N3O. The number of primary amides is 1. The predicted octanol–water partition coefficient (Wildman–Crippen LogP) is 1.09. The van der Waals surface area contributed by atoms with Crippen LogP contribution in [0, 0.1) is 0 Å². The van der Waals surface area contributed by atoms with Crippen LogP contribution < -0.4 is 16.8 Å². The lowest BCUT2D eigenvalue weighted by Gasteiger charge is -2.00. The summed E-state index contributed by atoms with van der Waals surface area (Å²) in [5.74, 6) is 0. The van der Waals surface area contributed by atoms with Crippen molar-refractivity contribution >= 4 is 17.4 Å². The molecule has 0 heterocycles. The first kappa shape index (κ1) is 7.40. The van der Waals surface area contributed by atoms with E-state index in [4.69, 9.17) is 11.5 Å². The van der Waals surface area contributed by atoms with E-state index in [1.807, 2.05) is 0 Å². The van der Waals surface area contributed by atoms with Gasteiger partial charge in [0, 0.05) is 5.69 Å². The number of hydrogen-bond donors (Lipinski definition) is 2. The Bertz CT molecular complexity index is 272. The van der Waals surface area contributed by atoms with Gasteiger partial charge in [-0.05, 0) is 18.2 Å². The molecule has 0 unspecified atom stereocenters. The Hall–Kier alpha value is -1.71. The van der Waals surface area contributed by atoms with E-state index in [-0.39, 0.29) is 0 Å². The highest BCUT2D eigenvalue weighted by Gasteiger charge is 1.94. The van der Waals surface area contributed by atoms with Crippen molar-refractivity contribution in [3.05, 3.63) is 24.3 Å². The number of anilines is 1. The Balaban J connectivity index is 2.79. The third-order valence-corrected chi connectivity index (χ3v) is 1.13. The van der Waals surface area contributed by atoms with Crippen molar-refractivity contribution in [1.29, 1.82) is 0 Å². The molecule has 0 fully saturated rings. The molecule has 0 bridgehead atoms. The first-order valence-electron chi connectivity index (χ1n) is 3.06. The molecule has 0 saturated heterocycles. The van der Waals surface area contributed by atoms with Gasteiger partial charge in [-0.15, -0.1) is 0 Å². The number of hydrogen-bond acceptors (Lipinski definition) is 1.